The van der Waals surface area contributed by atoms with Crippen LogP contribution in [0.15, 0.2) is 58.7 Å². The highest BCUT2D eigenvalue weighted by Gasteiger charge is 2.49. The van der Waals surface area contributed by atoms with Crippen LogP contribution in [0, 0.1) is 5.92 Å². The monoisotopic (exact) mass is 316 g/mol. The standard InChI is InChI=1S/C19H16N4O/c1-12-17-15-8-4-2-6-13(15)10-20-22(17)18-16-9-5-3-7-14(16)11-21-23(18)19(12)24/h2-12,17-18H,1H3. The predicted molar refractivity (Wildman–Crippen MR) is 91.4 cm³/mol. The third-order valence-electron chi connectivity index (χ3n) is 5.10. The van der Waals surface area contributed by atoms with Crippen LogP contribution in [-0.2, 0) is 4.79 Å². The topological polar surface area (TPSA) is 48.3 Å². The first-order valence-corrected chi connectivity index (χ1v) is 8.13. The SMILES string of the molecule is CC1C(=O)N2N=Cc3ccccc3C2N2N=Cc3ccccc3C12. The van der Waals surface area contributed by atoms with Crippen molar-refractivity contribution in [1.29, 1.82) is 0 Å². The normalized spacial score (nSPS) is 26.5. The Balaban J connectivity index is 1.71. The van der Waals surface area contributed by atoms with Gasteiger partial charge in [-0.2, -0.15) is 10.2 Å². The molecule has 5 rings (SSSR count). The highest BCUT2D eigenvalue weighted by Crippen LogP contribution is 2.47. The van der Waals surface area contributed by atoms with Gasteiger partial charge in [0.15, 0.2) is 6.17 Å². The lowest BCUT2D eigenvalue weighted by Gasteiger charge is -2.50. The Kier molecular flexibility index (Phi) is 2.68. The summed E-state index contributed by atoms with van der Waals surface area (Å²) >= 11 is 0. The zero-order valence-corrected chi connectivity index (χ0v) is 13.2. The Morgan fingerprint density at radius 2 is 1.50 bits per heavy atom. The molecule has 2 aromatic carbocycles. The summed E-state index contributed by atoms with van der Waals surface area (Å²) in [4.78, 5) is 13.0. The van der Waals surface area contributed by atoms with E-state index in [-0.39, 0.29) is 24.0 Å². The Morgan fingerprint density at radius 1 is 0.875 bits per heavy atom. The first kappa shape index (κ1) is 13.5. The summed E-state index contributed by atoms with van der Waals surface area (Å²) in [5.74, 6) is -0.166. The lowest BCUT2D eigenvalue weighted by molar-refractivity contribution is -0.159. The second kappa shape index (κ2) is 4.77. The second-order valence-corrected chi connectivity index (χ2v) is 6.42. The summed E-state index contributed by atoms with van der Waals surface area (Å²) in [6.07, 6.45) is 3.36. The maximum atomic E-state index is 13.0. The molecule has 0 radical (unpaired) electrons. The minimum atomic E-state index is -0.287. The average molecular weight is 316 g/mol. The molecule has 3 heterocycles. The number of amides is 1. The van der Waals surface area contributed by atoms with Gasteiger partial charge in [0.05, 0.1) is 24.4 Å². The van der Waals surface area contributed by atoms with Crippen molar-refractivity contribution in [2.45, 2.75) is 19.1 Å². The molecule has 5 heteroatoms. The van der Waals surface area contributed by atoms with Crippen LogP contribution < -0.4 is 0 Å². The van der Waals surface area contributed by atoms with Crippen LogP contribution >= 0.6 is 0 Å². The van der Waals surface area contributed by atoms with Crippen molar-refractivity contribution in [2.75, 3.05) is 0 Å². The van der Waals surface area contributed by atoms with E-state index in [4.69, 9.17) is 5.10 Å². The minimum Gasteiger partial charge on any atom is -0.272 e. The van der Waals surface area contributed by atoms with Crippen molar-refractivity contribution < 1.29 is 4.79 Å². The second-order valence-electron chi connectivity index (χ2n) is 6.42. The lowest BCUT2D eigenvalue weighted by Crippen LogP contribution is -2.54. The van der Waals surface area contributed by atoms with Crippen molar-refractivity contribution in [3.8, 4) is 0 Å². The van der Waals surface area contributed by atoms with Gasteiger partial charge in [-0.05, 0) is 11.1 Å². The average Bonchev–Trinajstić information content (AvgIpc) is 2.64. The number of carbonyl (C=O) groups is 1. The van der Waals surface area contributed by atoms with E-state index >= 15 is 0 Å². The number of benzene rings is 2. The van der Waals surface area contributed by atoms with E-state index in [9.17, 15) is 4.79 Å². The molecule has 3 unspecified atom stereocenters. The first-order chi connectivity index (χ1) is 11.8. The van der Waals surface area contributed by atoms with Gasteiger partial charge in [0.25, 0.3) is 0 Å². The van der Waals surface area contributed by atoms with Crippen molar-refractivity contribution >= 4 is 18.3 Å². The first-order valence-electron chi connectivity index (χ1n) is 8.13. The van der Waals surface area contributed by atoms with Crippen molar-refractivity contribution in [2.24, 2.45) is 16.1 Å². The van der Waals surface area contributed by atoms with Gasteiger partial charge in [-0.25, -0.2) is 5.01 Å². The van der Waals surface area contributed by atoms with Gasteiger partial charge in [-0.15, -0.1) is 0 Å². The van der Waals surface area contributed by atoms with E-state index in [0.717, 1.165) is 22.3 Å². The fourth-order valence-electron chi connectivity index (χ4n) is 3.91. The minimum absolute atomic E-state index is 0.0407. The maximum absolute atomic E-state index is 13.0. The van der Waals surface area contributed by atoms with Crippen LogP contribution in [0.4, 0.5) is 0 Å². The molecule has 1 amide bonds. The molecule has 0 bridgehead atoms. The highest BCUT2D eigenvalue weighted by atomic mass is 16.2. The number of rotatable bonds is 0. The van der Waals surface area contributed by atoms with Crippen LogP contribution in [0.25, 0.3) is 0 Å². The smallest absolute Gasteiger partial charge is 0.250 e. The molecule has 0 N–H and O–H groups in total. The molecule has 3 aliphatic rings. The number of hydrogen-bond acceptors (Lipinski definition) is 4. The number of hydrogen-bond donors (Lipinski definition) is 0. The van der Waals surface area contributed by atoms with Crippen LogP contribution in [0.2, 0.25) is 0 Å². The van der Waals surface area contributed by atoms with Gasteiger partial charge >= 0.3 is 0 Å². The van der Waals surface area contributed by atoms with Crippen molar-refractivity contribution in [1.82, 2.24) is 10.0 Å². The molecule has 0 saturated carbocycles. The number of hydrazone groups is 2. The molecular formula is C19H16N4O. The molecule has 3 aliphatic heterocycles. The highest BCUT2D eigenvalue weighted by molar-refractivity contribution is 5.90. The van der Waals surface area contributed by atoms with E-state index in [2.05, 4.69) is 17.2 Å². The fraction of sp³-hybridized carbons (Fsp3) is 0.211. The molecular weight excluding hydrogens is 300 g/mol. The van der Waals surface area contributed by atoms with Gasteiger partial charge in [-0.3, -0.25) is 9.80 Å². The molecule has 0 aromatic heterocycles. The van der Waals surface area contributed by atoms with Crippen molar-refractivity contribution in [3.63, 3.8) is 0 Å². The summed E-state index contributed by atoms with van der Waals surface area (Å²) in [5.41, 5.74) is 4.34. The molecule has 5 nitrogen and oxygen atoms in total. The third kappa shape index (κ3) is 1.67. The summed E-state index contributed by atoms with van der Waals surface area (Å²) in [5, 5.41) is 12.7. The molecule has 24 heavy (non-hydrogen) atoms. The van der Waals surface area contributed by atoms with Gasteiger partial charge < -0.3 is 0 Å². The summed E-state index contributed by atoms with van der Waals surface area (Å²) in [6, 6.07) is 16.2. The summed E-state index contributed by atoms with van der Waals surface area (Å²) in [6.45, 7) is 1.96. The maximum Gasteiger partial charge on any atom is 0.250 e. The molecule has 0 aliphatic carbocycles. The van der Waals surface area contributed by atoms with Gasteiger partial charge in [-0.1, -0.05) is 55.5 Å². The van der Waals surface area contributed by atoms with Crippen LogP contribution in [0.1, 0.15) is 41.4 Å². The number of nitrogens with zero attached hydrogens (tertiary/aromatic N) is 4. The molecule has 118 valence electrons. The van der Waals surface area contributed by atoms with E-state index < -0.39 is 0 Å². The summed E-state index contributed by atoms with van der Waals surface area (Å²) < 4.78 is 0. The van der Waals surface area contributed by atoms with Crippen molar-refractivity contribution in [3.05, 3.63) is 70.8 Å². The van der Waals surface area contributed by atoms with Crippen LogP contribution in [0.5, 0.6) is 0 Å². The van der Waals surface area contributed by atoms with Crippen LogP contribution in [-0.4, -0.2) is 28.4 Å². The van der Waals surface area contributed by atoms with Gasteiger partial charge in [0, 0.05) is 11.1 Å². The lowest BCUT2D eigenvalue weighted by atomic mass is 9.85. The van der Waals surface area contributed by atoms with E-state index in [1.54, 1.807) is 11.2 Å². The van der Waals surface area contributed by atoms with Gasteiger partial charge in [0.1, 0.15) is 0 Å². The van der Waals surface area contributed by atoms with E-state index in [1.807, 2.05) is 54.5 Å². The Morgan fingerprint density at radius 3 is 2.29 bits per heavy atom. The number of fused-ring (bicyclic) bond motifs is 7. The molecule has 3 atom stereocenters. The quantitative estimate of drug-likeness (QED) is 0.750. The van der Waals surface area contributed by atoms with Gasteiger partial charge in [0.2, 0.25) is 5.91 Å². The zero-order valence-electron chi connectivity index (χ0n) is 13.2. The van der Waals surface area contributed by atoms with E-state index in [0.29, 0.717) is 0 Å². The molecule has 1 fully saturated rings. The zero-order chi connectivity index (χ0) is 16.3. The third-order valence-corrected chi connectivity index (χ3v) is 5.10. The molecule has 1 saturated heterocycles. The largest absolute Gasteiger partial charge is 0.272 e. The molecule has 0 spiro atoms. The summed E-state index contributed by atoms with van der Waals surface area (Å²) in [7, 11) is 0. The predicted octanol–water partition coefficient (Wildman–Crippen LogP) is 2.90. The van der Waals surface area contributed by atoms with Crippen LogP contribution in [0.3, 0.4) is 0 Å². The van der Waals surface area contributed by atoms with E-state index in [1.165, 1.54) is 0 Å². The molecule has 2 aromatic rings. The fourth-order valence-corrected chi connectivity index (χ4v) is 3.91. The Labute approximate surface area is 139 Å². The Hall–Kier alpha value is -2.95. The Bertz CT molecular complexity index is 904. The number of carbonyl (C=O) groups excluding carboxylic acids is 1.